The molecule has 1 radical (unpaired) electrons. The molecule has 0 aromatic carbocycles. The van der Waals surface area contributed by atoms with Crippen LogP contribution in [0.15, 0.2) is 0 Å². The van der Waals surface area contributed by atoms with Gasteiger partial charge in [-0.3, -0.25) is 4.79 Å². The molecule has 1 unspecified atom stereocenters. The maximum Gasteiger partial charge on any atom is 0.282 e. The highest BCUT2D eigenvalue weighted by Crippen LogP contribution is 2.41. The Balaban J connectivity index is 6.11. The number of hydrogen-bond donors (Lipinski definition) is 0. The minimum absolute atomic E-state index is 0.0858. The molecule has 0 rings (SSSR count). The molecule has 191 valence electrons. The van der Waals surface area contributed by atoms with E-state index in [1.54, 1.807) is 0 Å². The van der Waals surface area contributed by atoms with Gasteiger partial charge in [-0.05, 0) is 41.0 Å². The number of carbonyl (C=O) groups is 1. The lowest BCUT2D eigenvalue weighted by Gasteiger charge is -2.50. The number of carbonyl (C=O) groups excluding carboxylic acids is 1. The van der Waals surface area contributed by atoms with Gasteiger partial charge in [0.05, 0.1) is 0 Å². The molecule has 0 saturated carbocycles. The minimum Gasteiger partial charge on any atom is -0.373 e. The second-order valence-corrected chi connectivity index (χ2v) is 10.7. The lowest BCUT2D eigenvalue weighted by atomic mass is 9.93. The highest BCUT2D eigenvalue weighted by Gasteiger charge is 2.65. The van der Waals surface area contributed by atoms with E-state index in [0.29, 0.717) is 39.5 Å². The number of unbranched alkanes of at least 4 members (excludes halogenated alkanes) is 6. The van der Waals surface area contributed by atoms with Gasteiger partial charge in [0.1, 0.15) is 14.9 Å². The van der Waals surface area contributed by atoms with E-state index in [-0.39, 0.29) is 5.41 Å². The fourth-order valence-corrected chi connectivity index (χ4v) is 5.17. The van der Waals surface area contributed by atoms with Gasteiger partial charge in [-0.2, -0.15) is 0 Å². The van der Waals surface area contributed by atoms with Crippen LogP contribution in [0.2, 0.25) is 13.1 Å². The Labute approximate surface area is 199 Å². The highest BCUT2D eigenvalue weighted by atomic mass is 28.3. The summed E-state index contributed by atoms with van der Waals surface area (Å²) in [6, 6.07) is 0. The van der Waals surface area contributed by atoms with Crippen LogP contribution in [0, 0.1) is 0 Å². The van der Waals surface area contributed by atoms with Crippen LogP contribution in [0.1, 0.15) is 92.9 Å². The van der Waals surface area contributed by atoms with Crippen molar-refractivity contribution in [1.29, 1.82) is 0 Å². The van der Waals surface area contributed by atoms with E-state index in [4.69, 9.17) is 23.7 Å². The first-order valence-corrected chi connectivity index (χ1v) is 15.4. The summed E-state index contributed by atoms with van der Waals surface area (Å²) in [7, 11) is -1.42. The zero-order valence-electron chi connectivity index (χ0n) is 22.2. The first kappa shape index (κ1) is 31.7. The van der Waals surface area contributed by atoms with Crippen LogP contribution in [0.3, 0.4) is 0 Å². The third kappa shape index (κ3) is 8.80. The van der Waals surface area contributed by atoms with Gasteiger partial charge >= 0.3 is 0 Å². The monoisotopic (exact) mass is 475 g/mol. The second kappa shape index (κ2) is 18.1. The Morgan fingerprint density at radius 3 is 1.56 bits per heavy atom. The van der Waals surface area contributed by atoms with Crippen LogP contribution in [0.4, 0.5) is 0 Å². The molecule has 0 aromatic heterocycles. The van der Waals surface area contributed by atoms with E-state index in [2.05, 4.69) is 6.92 Å². The molecule has 7 heteroatoms. The summed E-state index contributed by atoms with van der Waals surface area (Å²) >= 11 is 0. The lowest BCUT2D eigenvalue weighted by molar-refractivity contribution is -0.414. The van der Waals surface area contributed by atoms with E-state index in [1.807, 2.05) is 47.7 Å². The van der Waals surface area contributed by atoms with Crippen molar-refractivity contribution in [1.82, 2.24) is 0 Å². The number of rotatable bonds is 22. The fourth-order valence-electron chi connectivity index (χ4n) is 4.20. The van der Waals surface area contributed by atoms with Gasteiger partial charge in [0.25, 0.3) is 11.6 Å². The van der Waals surface area contributed by atoms with E-state index < -0.39 is 26.5 Å². The third-order valence-corrected chi connectivity index (χ3v) is 6.72. The van der Waals surface area contributed by atoms with Crippen molar-refractivity contribution >= 4 is 14.2 Å². The van der Waals surface area contributed by atoms with Crippen LogP contribution >= 0.6 is 0 Å². The van der Waals surface area contributed by atoms with Crippen molar-refractivity contribution in [3.05, 3.63) is 0 Å². The van der Waals surface area contributed by atoms with Crippen molar-refractivity contribution in [2.75, 3.05) is 33.0 Å². The van der Waals surface area contributed by atoms with Gasteiger partial charge in [-0.1, -0.05) is 65.0 Å². The van der Waals surface area contributed by atoms with Gasteiger partial charge in [0.2, 0.25) is 0 Å². The Bertz CT molecular complexity index is 459. The topological polar surface area (TPSA) is 63.2 Å². The molecule has 0 heterocycles. The van der Waals surface area contributed by atoms with Crippen LogP contribution in [0.5, 0.6) is 0 Å². The summed E-state index contributed by atoms with van der Waals surface area (Å²) in [5.41, 5.74) is 0. The lowest BCUT2D eigenvalue weighted by Crippen LogP contribution is -2.72. The normalized spacial score (nSPS) is 13.7. The Kier molecular flexibility index (Phi) is 17.9. The van der Waals surface area contributed by atoms with Crippen molar-refractivity contribution < 1.29 is 28.5 Å². The van der Waals surface area contributed by atoms with Gasteiger partial charge in [0.15, 0.2) is 5.41 Å². The van der Waals surface area contributed by atoms with E-state index >= 15 is 0 Å². The number of ether oxygens (including phenoxy) is 5. The zero-order valence-corrected chi connectivity index (χ0v) is 23.2. The first-order chi connectivity index (χ1) is 15.4. The summed E-state index contributed by atoms with van der Waals surface area (Å²) in [5, 5.41) is -0.0858. The summed E-state index contributed by atoms with van der Waals surface area (Å²) in [4.78, 5) is 13.7. The zero-order chi connectivity index (χ0) is 24.5. The SMILES string of the molecule is CCCCCCCCCC(OCC)C(OCC)(OCC)C(OCC)(OCC)C(=O)[Si](C)C. The molecule has 0 aliphatic carbocycles. The fraction of sp³-hybridized carbons (Fsp3) is 0.960. The summed E-state index contributed by atoms with van der Waals surface area (Å²) in [6.07, 6.45) is 8.61. The Morgan fingerprint density at radius 1 is 0.688 bits per heavy atom. The van der Waals surface area contributed by atoms with Crippen molar-refractivity contribution in [3.8, 4) is 0 Å². The van der Waals surface area contributed by atoms with Crippen molar-refractivity contribution in [2.45, 2.75) is 124 Å². The molecule has 6 nitrogen and oxygen atoms in total. The maximum absolute atomic E-state index is 13.7. The molecular weight excluding hydrogens is 424 g/mol. The number of hydrogen-bond acceptors (Lipinski definition) is 6. The van der Waals surface area contributed by atoms with E-state index in [9.17, 15) is 4.79 Å². The van der Waals surface area contributed by atoms with Gasteiger partial charge in [-0.15, -0.1) is 0 Å². The molecule has 0 aliphatic rings. The smallest absolute Gasteiger partial charge is 0.282 e. The second-order valence-electron chi connectivity index (χ2n) is 8.20. The quantitative estimate of drug-likeness (QED) is 0.110. The van der Waals surface area contributed by atoms with Crippen molar-refractivity contribution in [3.63, 3.8) is 0 Å². The molecule has 0 bridgehead atoms. The van der Waals surface area contributed by atoms with E-state index in [0.717, 1.165) is 12.8 Å². The first-order valence-electron chi connectivity index (χ1n) is 12.9. The predicted octanol–water partition coefficient (Wildman–Crippen LogP) is 5.93. The molecule has 0 spiro atoms. The van der Waals surface area contributed by atoms with Crippen LogP contribution in [-0.2, 0) is 28.5 Å². The van der Waals surface area contributed by atoms with Crippen LogP contribution < -0.4 is 0 Å². The summed E-state index contributed by atoms with van der Waals surface area (Å²) in [6.45, 7) is 17.4. The molecule has 1 atom stereocenters. The Morgan fingerprint density at radius 2 is 1.16 bits per heavy atom. The average Bonchev–Trinajstić information content (AvgIpc) is 2.76. The van der Waals surface area contributed by atoms with Gasteiger partial charge in [-0.25, -0.2) is 0 Å². The molecule has 0 amide bonds. The largest absolute Gasteiger partial charge is 0.373 e. The standard InChI is InChI=1S/C25H51O6Si/c1-9-15-16-17-18-19-20-21-22(27-10-2)24(28-11-3,29-12-4)25(30-13-5,31-14-6)23(26)32(7)8/h22H,9-21H2,1-8H3. The van der Waals surface area contributed by atoms with E-state index in [1.165, 1.54) is 32.1 Å². The van der Waals surface area contributed by atoms with Crippen LogP contribution in [0.25, 0.3) is 0 Å². The Hall–Kier alpha value is -0.313. The molecule has 0 saturated heterocycles. The van der Waals surface area contributed by atoms with Crippen LogP contribution in [-0.4, -0.2) is 64.9 Å². The minimum atomic E-state index is -1.65. The molecule has 0 aliphatic heterocycles. The van der Waals surface area contributed by atoms with Crippen molar-refractivity contribution in [2.24, 2.45) is 0 Å². The third-order valence-electron chi connectivity index (χ3n) is 5.49. The molecule has 0 fully saturated rings. The highest BCUT2D eigenvalue weighted by molar-refractivity contribution is 6.89. The summed E-state index contributed by atoms with van der Waals surface area (Å²) < 4.78 is 31.3. The molecule has 0 aromatic rings. The average molecular weight is 476 g/mol. The van der Waals surface area contributed by atoms with Gasteiger partial charge < -0.3 is 23.7 Å². The summed E-state index contributed by atoms with van der Waals surface area (Å²) in [5.74, 6) is -3.11. The van der Waals surface area contributed by atoms with Gasteiger partial charge in [0, 0.05) is 33.0 Å². The predicted molar refractivity (Wildman–Crippen MR) is 132 cm³/mol. The maximum atomic E-state index is 13.7. The molecule has 32 heavy (non-hydrogen) atoms. The molecule has 0 N–H and O–H groups in total. The molecular formula is C25H51O6Si.